The Morgan fingerprint density at radius 2 is 2.24 bits per heavy atom. The van der Waals surface area contributed by atoms with E-state index in [-0.39, 0.29) is 24.1 Å². The summed E-state index contributed by atoms with van der Waals surface area (Å²) in [4.78, 5) is 29.0. The molecule has 3 aromatic rings. The molecular weight excluding hydrogens is 430 g/mol. The normalized spacial score (nSPS) is 10.7. The van der Waals surface area contributed by atoms with Crippen LogP contribution in [0.1, 0.15) is 12.6 Å². The lowest BCUT2D eigenvalue weighted by Crippen LogP contribution is -2.15. The van der Waals surface area contributed by atoms with Gasteiger partial charge in [0.05, 0.1) is 29.4 Å². The molecule has 0 aliphatic heterocycles. The van der Waals surface area contributed by atoms with Crippen molar-refractivity contribution in [3.8, 4) is 10.7 Å². The molecule has 152 valence electrons. The van der Waals surface area contributed by atoms with Crippen LogP contribution in [0.15, 0.2) is 40.7 Å². The maximum Gasteiger partial charge on any atom is 0.311 e. The van der Waals surface area contributed by atoms with Crippen LogP contribution in [0.2, 0.25) is 0 Å². The van der Waals surface area contributed by atoms with Crippen LogP contribution in [0.5, 0.6) is 0 Å². The van der Waals surface area contributed by atoms with Gasteiger partial charge in [0.15, 0.2) is 16.1 Å². The average Bonchev–Trinajstić information content (AvgIpc) is 3.42. The quantitative estimate of drug-likeness (QED) is 0.287. The molecule has 0 saturated heterocycles. The summed E-state index contributed by atoms with van der Waals surface area (Å²) in [5.41, 5.74) is 0.572. The van der Waals surface area contributed by atoms with Crippen LogP contribution in [-0.4, -0.2) is 44.0 Å². The highest BCUT2D eigenvalue weighted by atomic mass is 32.2. The molecule has 0 aliphatic carbocycles. The Labute approximate surface area is 180 Å². The Morgan fingerprint density at radius 1 is 1.38 bits per heavy atom. The molecule has 8 nitrogen and oxygen atoms in total. The van der Waals surface area contributed by atoms with Crippen LogP contribution in [-0.2, 0) is 27.3 Å². The second-order valence-corrected chi connectivity index (χ2v) is 8.39. The average molecular weight is 450 g/mol. The molecule has 29 heavy (non-hydrogen) atoms. The standard InChI is InChI=1S/C18H19N5O3S3/c1-3-7-23-16(13-6-5-8-27-13)21-22-18(23)29-11-14(24)20-17-19-12(10-28-17)9-15(25)26-4-2/h3,5-6,8,10H,1,4,7,9,11H2,2H3,(H,19,20,24). The minimum absolute atomic E-state index is 0.0884. The van der Waals surface area contributed by atoms with Crippen LogP contribution in [0.25, 0.3) is 10.7 Å². The summed E-state index contributed by atoms with van der Waals surface area (Å²) in [6, 6.07) is 3.93. The number of ether oxygens (including phenoxy) is 1. The van der Waals surface area contributed by atoms with E-state index in [1.807, 2.05) is 22.1 Å². The summed E-state index contributed by atoms with van der Waals surface area (Å²) in [5, 5.41) is 16.0. The molecular formula is C18H19N5O3S3. The summed E-state index contributed by atoms with van der Waals surface area (Å²) in [6.07, 6.45) is 1.86. The second-order valence-electron chi connectivity index (χ2n) is 5.65. The minimum atomic E-state index is -0.339. The van der Waals surface area contributed by atoms with Crippen molar-refractivity contribution in [1.29, 1.82) is 0 Å². The molecule has 3 rings (SSSR count). The molecule has 0 aliphatic rings. The first-order chi connectivity index (χ1) is 14.1. The van der Waals surface area contributed by atoms with E-state index in [2.05, 4.69) is 27.1 Å². The highest BCUT2D eigenvalue weighted by molar-refractivity contribution is 7.99. The zero-order valence-corrected chi connectivity index (χ0v) is 18.1. The topological polar surface area (TPSA) is 99.0 Å². The number of carbonyl (C=O) groups excluding carboxylic acids is 2. The number of allylic oxidation sites excluding steroid dienone is 1. The maximum absolute atomic E-state index is 12.3. The summed E-state index contributed by atoms with van der Waals surface area (Å²) in [7, 11) is 0. The number of thioether (sulfide) groups is 1. The fraction of sp³-hybridized carbons (Fsp3) is 0.278. The van der Waals surface area contributed by atoms with Crippen LogP contribution in [0, 0.1) is 0 Å². The number of thiophene rings is 1. The van der Waals surface area contributed by atoms with Gasteiger partial charge >= 0.3 is 5.97 Å². The monoisotopic (exact) mass is 449 g/mol. The van der Waals surface area contributed by atoms with E-state index in [1.165, 1.54) is 23.1 Å². The fourth-order valence-corrected chi connectivity index (χ4v) is 4.56. The van der Waals surface area contributed by atoms with Gasteiger partial charge in [-0.15, -0.1) is 39.4 Å². The molecule has 3 aromatic heterocycles. The van der Waals surface area contributed by atoms with E-state index in [0.717, 1.165) is 10.7 Å². The molecule has 0 atom stereocenters. The molecule has 0 saturated carbocycles. The first-order valence-corrected chi connectivity index (χ1v) is 11.5. The van der Waals surface area contributed by atoms with Gasteiger partial charge < -0.3 is 10.1 Å². The van der Waals surface area contributed by atoms with E-state index < -0.39 is 0 Å². The Morgan fingerprint density at radius 3 is 2.97 bits per heavy atom. The van der Waals surface area contributed by atoms with Crippen molar-refractivity contribution in [2.75, 3.05) is 17.7 Å². The molecule has 11 heteroatoms. The van der Waals surface area contributed by atoms with Crippen molar-refractivity contribution < 1.29 is 14.3 Å². The van der Waals surface area contributed by atoms with Gasteiger partial charge in [-0.1, -0.05) is 23.9 Å². The van der Waals surface area contributed by atoms with E-state index in [4.69, 9.17) is 4.74 Å². The Kier molecular flexibility index (Phi) is 7.55. The number of amides is 1. The van der Waals surface area contributed by atoms with Gasteiger partial charge in [-0.3, -0.25) is 14.2 Å². The molecule has 1 N–H and O–H groups in total. The van der Waals surface area contributed by atoms with Crippen molar-refractivity contribution in [2.45, 2.75) is 25.0 Å². The lowest BCUT2D eigenvalue weighted by molar-refractivity contribution is -0.142. The van der Waals surface area contributed by atoms with Crippen molar-refractivity contribution >= 4 is 51.4 Å². The predicted molar refractivity (Wildman–Crippen MR) is 115 cm³/mol. The summed E-state index contributed by atoms with van der Waals surface area (Å²) in [6.45, 7) is 6.41. The largest absolute Gasteiger partial charge is 0.466 e. The van der Waals surface area contributed by atoms with Crippen LogP contribution in [0.4, 0.5) is 5.13 Å². The Balaban J connectivity index is 1.58. The Hall–Kier alpha value is -2.50. The molecule has 0 unspecified atom stereocenters. The van der Waals surface area contributed by atoms with Crippen LogP contribution >= 0.6 is 34.4 Å². The van der Waals surface area contributed by atoms with Crippen molar-refractivity contribution in [2.24, 2.45) is 0 Å². The number of hydrogen-bond donors (Lipinski definition) is 1. The number of hydrogen-bond acceptors (Lipinski definition) is 9. The lowest BCUT2D eigenvalue weighted by atomic mass is 10.3. The zero-order chi connectivity index (χ0) is 20.6. The van der Waals surface area contributed by atoms with Crippen molar-refractivity contribution in [1.82, 2.24) is 19.7 Å². The number of aromatic nitrogens is 4. The predicted octanol–water partition coefficient (Wildman–Crippen LogP) is 3.49. The lowest BCUT2D eigenvalue weighted by Gasteiger charge is -2.06. The number of carbonyl (C=O) groups is 2. The van der Waals surface area contributed by atoms with Gasteiger partial charge in [-0.05, 0) is 18.4 Å². The fourth-order valence-electron chi connectivity index (χ4n) is 2.37. The Bertz CT molecular complexity index is 981. The van der Waals surface area contributed by atoms with Crippen LogP contribution in [0.3, 0.4) is 0 Å². The van der Waals surface area contributed by atoms with Gasteiger partial charge in [0.1, 0.15) is 0 Å². The number of nitrogens with one attached hydrogen (secondary N) is 1. The number of esters is 1. The molecule has 0 fully saturated rings. The van der Waals surface area contributed by atoms with E-state index in [0.29, 0.717) is 29.1 Å². The molecule has 0 spiro atoms. The van der Waals surface area contributed by atoms with E-state index >= 15 is 0 Å². The number of nitrogens with zero attached hydrogens (tertiary/aromatic N) is 4. The maximum atomic E-state index is 12.3. The molecule has 0 bridgehead atoms. The summed E-state index contributed by atoms with van der Waals surface area (Å²) in [5.74, 6) is 0.366. The van der Waals surface area contributed by atoms with Crippen molar-refractivity contribution in [3.63, 3.8) is 0 Å². The van der Waals surface area contributed by atoms with Gasteiger partial charge in [0, 0.05) is 11.9 Å². The smallest absolute Gasteiger partial charge is 0.311 e. The number of thiazole rings is 1. The highest BCUT2D eigenvalue weighted by Crippen LogP contribution is 2.27. The second kappa shape index (κ2) is 10.3. The van der Waals surface area contributed by atoms with Gasteiger partial charge in [-0.2, -0.15) is 0 Å². The third-order valence-corrected chi connectivity index (χ3v) is 6.17. The van der Waals surface area contributed by atoms with E-state index in [1.54, 1.807) is 29.7 Å². The number of rotatable bonds is 10. The number of anilines is 1. The summed E-state index contributed by atoms with van der Waals surface area (Å²) < 4.78 is 6.83. The minimum Gasteiger partial charge on any atom is -0.466 e. The van der Waals surface area contributed by atoms with Gasteiger partial charge in [0.25, 0.3) is 0 Å². The van der Waals surface area contributed by atoms with Gasteiger partial charge in [-0.25, -0.2) is 4.98 Å². The zero-order valence-electron chi connectivity index (χ0n) is 15.7. The first kappa shape index (κ1) is 21.2. The van der Waals surface area contributed by atoms with E-state index in [9.17, 15) is 9.59 Å². The van der Waals surface area contributed by atoms with Gasteiger partial charge in [0.2, 0.25) is 5.91 Å². The van der Waals surface area contributed by atoms with Crippen LogP contribution < -0.4 is 5.32 Å². The third-order valence-electron chi connectivity index (χ3n) is 3.53. The molecule has 3 heterocycles. The van der Waals surface area contributed by atoms with Crippen molar-refractivity contribution in [3.05, 3.63) is 41.2 Å². The highest BCUT2D eigenvalue weighted by Gasteiger charge is 2.16. The SMILES string of the molecule is C=CCn1c(SCC(=O)Nc2nc(CC(=O)OCC)cs2)nnc1-c1cccs1. The molecule has 0 aromatic carbocycles. The molecule has 1 amide bonds. The first-order valence-electron chi connectivity index (χ1n) is 8.71. The molecule has 0 radical (unpaired) electrons. The summed E-state index contributed by atoms with van der Waals surface area (Å²) >= 11 is 4.14. The third kappa shape index (κ3) is 5.75.